The SMILES string of the molecule is c1ccc(-c2nc(-c3ccccc3)nc(-c3cc(-c4ccncn4)cc(-c4cc5ccccc5c5ccccc45)c3)n2)cc1.c1ccc(-c2nc(-c3ccccc3)nc(-c3cc(-c4cncnc4)cc(-c4cc5ccccc5c5ccccc45)c3)n2)cc1.c1ccc(-c2nc(-c3ccccc3)nc(-c3cc(-c4ncccn4)cc(-c4cc5ccccc5c5ccccc45)c3)n2)cc1. The number of aromatic nitrogens is 15. The Labute approximate surface area is 760 Å². The van der Waals surface area contributed by atoms with E-state index in [0.717, 1.165) is 111 Å². The van der Waals surface area contributed by atoms with Crippen LogP contribution in [0.4, 0.5) is 0 Å². The molecule has 24 rings (SSSR count). The highest BCUT2D eigenvalue weighted by molar-refractivity contribution is 6.17. The van der Waals surface area contributed by atoms with Gasteiger partial charge in [0.2, 0.25) is 0 Å². The molecule has 0 saturated carbocycles. The third kappa shape index (κ3) is 16.6. The molecule has 15 nitrogen and oxygen atoms in total. The second-order valence-corrected chi connectivity index (χ2v) is 31.9. The zero-order valence-corrected chi connectivity index (χ0v) is 71.0. The van der Waals surface area contributed by atoms with Crippen LogP contribution in [-0.4, -0.2) is 74.8 Å². The lowest BCUT2D eigenvalue weighted by molar-refractivity contribution is 1.07. The summed E-state index contributed by atoms with van der Waals surface area (Å²) in [7, 11) is 0. The minimum absolute atomic E-state index is 0.585. The maximum atomic E-state index is 5.03. The third-order valence-electron chi connectivity index (χ3n) is 23.5. The molecule has 0 aliphatic rings. The van der Waals surface area contributed by atoms with Gasteiger partial charge in [-0.2, -0.15) is 0 Å². The molecule has 132 heavy (non-hydrogen) atoms. The van der Waals surface area contributed by atoms with E-state index in [4.69, 9.17) is 44.9 Å². The summed E-state index contributed by atoms with van der Waals surface area (Å²) in [6.07, 6.45) is 12.1. The van der Waals surface area contributed by atoms with Gasteiger partial charge in [-0.05, 0) is 189 Å². The predicted octanol–water partition coefficient (Wildman–Crippen LogP) is 27.9. The predicted molar refractivity (Wildman–Crippen MR) is 533 cm³/mol. The van der Waals surface area contributed by atoms with Crippen molar-refractivity contribution in [2.24, 2.45) is 0 Å². The van der Waals surface area contributed by atoms with E-state index in [9.17, 15) is 0 Å². The average molecular weight is 1690 g/mol. The van der Waals surface area contributed by atoms with Gasteiger partial charge in [-0.1, -0.05) is 328 Å². The number of rotatable bonds is 15. The fraction of sp³-hybridized carbons (Fsp3) is 0. The van der Waals surface area contributed by atoms with Crippen LogP contribution in [0.2, 0.25) is 0 Å². The molecule has 24 aromatic rings. The van der Waals surface area contributed by atoms with Crippen molar-refractivity contribution in [3.8, 4) is 170 Å². The standard InChI is InChI=1S/3C39H25N5/c1-3-12-26(13-4-1)37-42-38(27-14-5-2-6-15-27)44-39(43-37)31-23-29(22-30(24-31)36-40-20-11-21-41-36)35-25-28-16-7-8-17-32(28)33-18-9-10-19-34(33)35;1-3-11-26(12-4-1)37-42-38(27-13-5-2-6-14-27)44-39(43-37)31-20-29(32-23-40-25-41-24-32)19-30(21-31)36-22-28-15-7-8-16-33(28)34-17-9-10-18-35(34)36;1-3-11-26(12-4-1)37-42-38(27-13-5-2-6-14-27)44-39(43-37)31-22-29(21-30(23-31)36-19-20-40-25-41-36)35-24-28-15-7-8-16-32(28)33-17-9-10-18-34(33)35/h3*1-25H. The molecule has 0 saturated heterocycles. The molecule has 15 heteroatoms. The summed E-state index contributed by atoms with van der Waals surface area (Å²) >= 11 is 0. The molecule has 0 bridgehead atoms. The van der Waals surface area contributed by atoms with E-state index in [2.05, 4.69) is 248 Å². The highest BCUT2D eigenvalue weighted by Gasteiger charge is 2.23. The maximum Gasteiger partial charge on any atom is 0.164 e. The molecule has 6 aromatic heterocycles. The Morgan fingerprint density at radius 1 is 0.136 bits per heavy atom. The molecular weight excluding hydrogens is 1620 g/mol. The highest BCUT2D eigenvalue weighted by atomic mass is 15.1. The molecule has 0 spiro atoms. The van der Waals surface area contributed by atoms with Gasteiger partial charge < -0.3 is 0 Å². The Kier molecular flexibility index (Phi) is 21.7. The number of nitrogens with zero attached hydrogens (tertiary/aromatic N) is 15. The van der Waals surface area contributed by atoms with E-state index < -0.39 is 0 Å². The van der Waals surface area contributed by atoms with Crippen LogP contribution < -0.4 is 0 Å². The minimum Gasteiger partial charge on any atom is -0.245 e. The summed E-state index contributed by atoms with van der Waals surface area (Å²) in [4.78, 5) is 71.4. The van der Waals surface area contributed by atoms with Crippen molar-refractivity contribution < 1.29 is 0 Å². The van der Waals surface area contributed by atoms with Gasteiger partial charge >= 0.3 is 0 Å². The van der Waals surface area contributed by atoms with E-state index >= 15 is 0 Å². The largest absolute Gasteiger partial charge is 0.245 e. The average Bonchev–Trinajstić information content (AvgIpc) is 0.764. The van der Waals surface area contributed by atoms with Crippen molar-refractivity contribution >= 4 is 64.6 Å². The second kappa shape index (κ2) is 36.0. The Morgan fingerprint density at radius 3 is 0.705 bits per heavy atom. The molecule has 618 valence electrons. The first-order chi connectivity index (χ1) is 65.4. The molecule has 6 heterocycles. The Hall–Kier alpha value is -18.2. The van der Waals surface area contributed by atoms with Gasteiger partial charge in [-0.3, -0.25) is 0 Å². The lowest BCUT2D eigenvalue weighted by Crippen LogP contribution is -2.01. The lowest BCUT2D eigenvalue weighted by Gasteiger charge is -2.15. The fourth-order valence-corrected chi connectivity index (χ4v) is 17.2. The molecule has 0 unspecified atom stereocenters. The number of hydrogen-bond donors (Lipinski definition) is 0. The van der Waals surface area contributed by atoms with E-state index in [0.29, 0.717) is 58.2 Å². The monoisotopic (exact) mass is 1690 g/mol. The van der Waals surface area contributed by atoms with Crippen molar-refractivity contribution in [2.45, 2.75) is 0 Å². The number of fused-ring (bicyclic) bond motifs is 9. The van der Waals surface area contributed by atoms with Crippen LogP contribution >= 0.6 is 0 Å². The van der Waals surface area contributed by atoms with Gasteiger partial charge in [-0.15, -0.1) is 0 Å². The topological polar surface area (TPSA) is 193 Å². The molecule has 0 N–H and O–H groups in total. The van der Waals surface area contributed by atoms with Gasteiger partial charge in [0.05, 0.1) is 5.69 Å². The van der Waals surface area contributed by atoms with Gasteiger partial charge in [0.1, 0.15) is 12.7 Å². The normalized spacial score (nSPS) is 11.2. The van der Waals surface area contributed by atoms with Crippen molar-refractivity contribution in [3.63, 3.8) is 0 Å². The van der Waals surface area contributed by atoms with Gasteiger partial charge in [0, 0.05) is 97.7 Å². The van der Waals surface area contributed by atoms with Crippen LogP contribution in [0.1, 0.15) is 0 Å². The van der Waals surface area contributed by atoms with E-state index in [-0.39, 0.29) is 0 Å². The van der Waals surface area contributed by atoms with Crippen molar-refractivity contribution in [3.05, 3.63) is 456 Å². The Morgan fingerprint density at radius 2 is 0.386 bits per heavy atom. The maximum absolute atomic E-state index is 5.03. The Bertz CT molecular complexity index is 7410. The van der Waals surface area contributed by atoms with E-state index in [1.165, 1.54) is 64.6 Å². The van der Waals surface area contributed by atoms with Crippen LogP contribution in [0.5, 0.6) is 0 Å². The van der Waals surface area contributed by atoms with Crippen LogP contribution in [0.15, 0.2) is 456 Å². The summed E-state index contributed by atoms with van der Waals surface area (Å²) in [5, 5.41) is 14.4. The first-order valence-corrected chi connectivity index (χ1v) is 43.5. The smallest absolute Gasteiger partial charge is 0.164 e. The van der Waals surface area contributed by atoms with E-state index in [1.807, 2.05) is 207 Å². The molecule has 0 atom stereocenters. The summed E-state index contributed by atoms with van der Waals surface area (Å²) in [5.74, 6) is 6.16. The summed E-state index contributed by atoms with van der Waals surface area (Å²) in [5.41, 5.74) is 19.3. The van der Waals surface area contributed by atoms with E-state index in [1.54, 1.807) is 31.2 Å². The number of benzene rings is 18. The van der Waals surface area contributed by atoms with Crippen LogP contribution in [0.25, 0.3) is 234 Å². The van der Waals surface area contributed by atoms with Gasteiger partial charge in [-0.25, -0.2) is 74.8 Å². The molecule has 0 radical (unpaired) electrons. The lowest BCUT2D eigenvalue weighted by atomic mass is 9.91. The highest BCUT2D eigenvalue weighted by Crippen LogP contribution is 2.44. The molecule has 0 aliphatic heterocycles. The second-order valence-electron chi connectivity index (χ2n) is 31.9. The zero-order valence-electron chi connectivity index (χ0n) is 71.0. The molecule has 18 aromatic carbocycles. The molecule has 0 amide bonds. The fourth-order valence-electron chi connectivity index (χ4n) is 17.2. The van der Waals surface area contributed by atoms with Crippen LogP contribution in [-0.2, 0) is 0 Å². The van der Waals surface area contributed by atoms with Gasteiger partial charge in [0.15, 0.2) is 58.2 Å². The van der Waals surface area contributed by atoms with Crippen LogP contribution in [0, 0.1) is 0 Å². The summed E-state index contributed by atoms with van der Waals surface area (Å²) < 4.78 is 0. The zero-order chi connectivity index (χ0) is 87.9. The van der Waals surface area contributed by atoms with Crippen molar-refractivity contribution in [2.75, 3.05) is 0 Å². The van der Waals surface area contributed by atoms with Crippen molar-refractivity contribution in [1.82, 2.24) is 74.8 Å². The molecule has 0 aliphatic carbocycles. The first kappa shape index (κ1) is 79.7. The minimum atomic E-state index is 0.585. The summed E-state index contributed by atoms with van der Waals surface area (Å²) in [6, 6.07) is 142. The molecular formula is C117H75N15. The first-order valence-electron chi connectivity index (χ1n) is 43.5. The molecule has 0 fully saturated rings. The summed E-state index contributed by atoms with van der Waals surface area (Å²) in [6.45, 7) is 0. The quantitative estimate of drug-likeness (QED) is 0.0879. The van der Waals surface area contributed by atoms with Crippen LogP contribution in [0.3, 0.4) is 0 Å². The van der Waals surface area contributed by atoms with Gasteiger partial charge in [0.25, 0.3) is 0 Å². The third-order valence-corrected chi connectivity index (χ3v) is 23.5. The van der Waals surface area contributed by atoms with Crippen molar-refractivity contribution in [1.29, 1.82) is 0 Å². The number of hydrogen-bond acceptors (Lipinski definition) is 15. The Balaban J connectivity index is 0.000000116.